The van der Waals surface area contributed by atoms with Crippen molar-refractivity contribution >= 4 is 17.3 Å². The summed E-state index contributed by atoms with van der Waals surface area (Å²) in [5.74, 6) is -0.136. The number of nitrogens with one attached hydrogen (secondary N) is 1. The highest BCUT2D eigenvalue weighted by molar-refractivity contribution is 6.04. The van der Waals surface area contributed by atoms with Gasteiger partial charge < -0.3 is 15.8 Å². The molecule has 1 amide bonds. The second-order valence-corrected chi connectivity index (χ2v) is 5.68. The Morgan fingerprint density at radius 3 is 2.64 bits per heavy atom. The SMILES string of the molecule is Cc1c(N)cccc1NC(=O)c1ccc(COC2CC2)cc1. The van der Waals surface area contributed by atoms with Crippen molar-refractivity contribution in [1.82, 2.24) is 0 Å². The maximum Gasteiger partial charge on any atom is 0.255 e. The topological polar surface area (TPSA) is 64.3 Å². The van der Waals surface area contributed by atoms with Gasteiger partial charge in [0.25, 0.3) is 5.91 Å². The van der Waals surface area contributed by atoms with Crippen LogP contribution in [0.2, 0.25) is 0 Å². The van der Waals surface area contributed by atoms with Crippen LogP contribution >= 0.6 is 0 Å². The first-order valence-electron chi connectivity index (χ1n) is 7.50. The molecule has 4 nitrogen and oxygen atoms in total. The molecule has 114 valence electrons. The zero-order valence-corrected chi connectivity index (χ0v) is 12.6. The van der Waals surface area contributed by atoms with Crippen LogP contribution in [0.15, 0.2) is 42.5 Å². The van der Waals surface area contributed by atoms with Gasteiger partial charge in [-0.15, -0.1) is 0 Å². The maximum absolute atomic E-state index is 12.3. The van der Waals surface area contributed by atoms with Crippen molar-refractivity contribution in [1.29, 1.82) is 0 Å². The summed E-state index contributed by atoms with van der Waals surface area (Å²) in [6, 6.07) is 13.0. The van der Waals surface area contributed by atoms with E-state index in [1.807, 2.05) is 49.4 Å². The number of hydrogen-bond donors (Lipinski definition) is 2. The lowest BCUT2D eigenvalue weighted by atomic mass is 10.1. The number of benzene rings is 2. The van der Waals surface area contributed by atoms with E-state index in [0.717, 1.165) is 16.8 Å². The summed E-state index contributed by atoms with van der Waals surface area (Å²) in [6.45, 7) is 2.50. The summed E-state index contributed by atoms with van der Waals surface area (Å²) in [6.07, 6.45) is 2.77. The molecular formula is C18H20N2O2. The number of anilines is 2. The van der Waals surface area contributed by atoms with Crippen LogP contribution in [-0.4, -0.2) is 12.0 Å². The summed E-state index contributed by atoms with van der Waals surface area (Å²) in [5.41, 5.74) is 9.85. The predicted octanol–water partition coefficient (Wildman–Crippen LogP) is 3.51. The number of amides is 1. The zero-order chi connectivity index (χ0) is 15.5. The molecule has 0 aromatic heterocycles. The summed E-state index contributed by atoms with van der Waals surface area (Å²) < 4.78 is 5.65. The smallest absolute Gasteiger partial charge is 0.255 e. The molecule has 1 aliphatic carbocycles. The average Bonchev–Trinajstić information content (AvgIpc) is 3.34. The van der Waals surface area contributed by atoms with Gasteiger partial charge >= 0.3 is 0 Å². The number of rotatable bonds is 5. The molecule has 0 unspecified atom stereocenters. The van der Waals surface area contributed by atoms with E-state index >= 15 is 0 Å². The number of ether oxygens (including phenoxy) is 1. The van der Waals surface area contributed by atoms with Gasteiger partial charge in [0.1, 0.15) is 0 Å². The van der Waals surface area contributed by atoms with Crippen LogP contribution in [0.5, 0.6) is 0 Å². The maximum atomic E-state index is 12.3. The Balaban J connectivity index is 1.65. The molecule has 3 rings (SSSR count). The standard InChI is InChI=1S/C18H20N2O2/c1-12-16(19)3-2-4-17(12)20-18(21)14-7-5-13(6-8-14)11-22-15-9-10-15/h2-8,15H,9-11,19H2,1H3,(H,20,21). The Labute approximate surface area is 130 Å². The lowest BCUT2D eigenvalue weighted by molar-refractivity contribution is 0.102. The fraction of sp³-hybridized carbons (Fsp3) is 0.278. The Bertz CT molecular complexity index is 676. The number of hydrogen-bond acceptors (Lipinski definition) is 3. The molecule has 0 saturated heterocycles. The van der Waals surface area contributed by atoms with Crippen molar-refractivity contribution in [2.45, 2.75) is 32.5 Å². The van der Waals surface area contributed by atoms with E-state index in [9.17, 15) is 4.79 Å². The Kier molecular flexibility index (Phi) is 4.11. The molecule has 0 bridgehead atoms. The van der Waals surface area contributed by atoms with E-state index < -0.39 is 0 Å². The molecule has 0 radical (unpaired) electrons. The second-order valence-electron chi connectivity index (χ2n) is 5.68. The van der Waals surface area contributed by atoms with Crippen LogP contribution in [0.1, 0.15) is 34.3 Å². The first-order valence-corrected chi connectivity index (χ1v) is 7.50. The molecule has 0 aliphatic heterocycles. The van der Waals surface area contributed by atoms with E-state index in [0.29, 0.717) is 24.0 Å². The van der Waals surface area contributed by atoms with Gasteiger partial charge in [0.2, 0.25) is 0 Å². The largest absolute Gasteiger partial charge is 0.398 e. The van der Waals surface area contributed by atoms with E-state index in [1.165, 1.54) is 12.8 Å². The van der Waals surface area contributed by atoms with Gasteiger partial charge in [-0.3, -0.25) is 4.79 Å². The van der Waals surface area contributed by atoms with Crippen LogP contribution < -0.4 is 11.1 Å². The van der Waals surface area contributed by atoms with Crippen LogP contribution in [0.25, 0.3) is 0 Å². The molecule has 0 spiro atoms. The molecule has 0 atom stereocenters. The minimum atomic E-state index is -0.136. The lowest BCUT2D eigenvalue weighted by Crippen LogP contribution is -2.13. The van der Waals surface area contributed by atoms with Crippen LogP contribution in [0.4, 0.5) is 11.4 Å². The van der Waals surface area contributed by atoms with Gasteiger partial charge in [-0.2, -0.15) is 0 Å². The fourth-order valence-electron chi connectivity index (χ4n) is 2.18. The van der Waals surface area contributed by atoms with Gasteiger partial charge in [-0.1, -0.05) is 18.2 Å². The van der Waals surface area contributed by atoms with Crippen molar-refractivity contribution in [2.24, 2.45) is 0 Å². The molecule has 1 aliphatic rings. The number of carbonyl (C=O) groups is 1. The van der Waals surface area contributed by atoms with Crippen LogP contribution in [0.3, 0.4) is 0 Å². The summed E-state index contributed by atoms with van der Waals surface area (Å²) in [7, 11) is 0. The second kappa shape index (κ2) is 6.20. The summed E-state index contributed by atoms with van der Waals surface area (Å²) in [5, 5.41) is 2.90. The van der Waals surface area contributed by atoms with E-state index in [1.54, 1.807) is 0 Å². The minimum Gasteiger partial charge on any atom is -0.398 e. The zero-order valence-electron chi connectivity index (χ0n) is 12.6. The monoisotopic (exact) mass is 296 g/mol. The van der Waals surface area contributed by atoms with Gasteiger partial charge in [-0.05, 0) is 55.2 Å². The Morgan fingerprint density at radius 2 is 1.95 bits per heavy atom. The number of carbonyl (C=O) groups excluding carboxylic acids is 1. The molecule has 2 aromatic rings. The van der Waals surface area contributed by atoms with E-state index in [2.05, 4.69) is 5.32 Å². The van der Waals surface area contributed by atoms with Crippen molar-refractivity contribution < 1.29 is 9.53 Å². The first-order chi connectivity index (χ1) is 10.6. The quantitative estimate of drug-likeness (QED) is 0.830. The molecule has 1 saturated carbocycles. The third kappa shape index (κ3) is 3.46. The van der Waals surface area contributed by atoms with Crippen molar-refractivity contribution in [2.75, 3.05) is 11.1 Å². The van der Waals surface area contributed by atoms with Crippen molar-refractivity contribution in [3.63, 3.8) is 0 Å². The highest BCUT2D eigenvalue weighted by Gasteiger charge is 2.21. The third-order valence-corrected chi connectivity index (χ3v) is 3.85. The lowest BCUT2D eigenvalue weighted by Gasteiger charge is -2.10. The average molecular weight is 296 g/mol. The Hall–Kier alpha value is -2.33. The number of nitrogens with two attached hydrogens (primary N) is 1. The van der Waals surface area contributed by atoms with Crippen molar-refractivity contribution in [3.8, 4) is 0 Å². The van der Waals surface area contributed by atoms with Gasteiger partial charge in [0.15, 0.2) is 0 Å². The third-order valence-electron chi connectivity index (χ3n) is 3.85. The number of nitrogen functional groups attached to an aromatic ring is 1. The van der Waals surface area contributed by atoms with Gasteiger partial charge in [0.05, 0.1) is 12.7 Å². The highest BCUT2D eigenvalue weighted by Crippen LogP contribution is 2.25. The summed E-state index contributed by atoms with van der Waals surface area (Å²) in [4.78, 5) is 12.3. The molecule has 4 heteroatoms. The minimum absolute atomic E-state index is 0.136. The van der Waals surface area contributed by atoms with Crippen LogP contribution in [-0.2, 0) is 11.3 Å². The molecule has 1 fully saturated rings. The van der Waals surface area contributed by atoms with Crippen LogP contribution in [0, 0.1) is 6.92 Å². The van der Waals surface area contributed by atoms with E-state index in [-0.39, 0.29) is 5.91 Å². The molecule has 22 heavy (non-hydrogen) atoms. The normalized spacial score (nSPS) is 13.9. The van der Waals surface area contributed by atoms with Gasteiger partial charge in [-0.25, -0.2) is 0 Å². The predicted molar refractivity (Wildman–Crippen MR) is 87.8 cm³/mol. The molecular weight excluding hydrogens is 276 g/mol. The Morgan fingerprint density at radius 1 is 1.23 bits per heavy atom. The van der Waals surface area contributed by atoms with E-state index in [4.69, 9.17) is 10.5 Å². The summed E-state index contributed by atoms with van der Waals surface area (Å²) >= 11 is 0. The first kappa shape index (κ1) is 14.6. The molecule has 0 heterocycles. The van der Waals surface area contributed by atoms with Crippen molar-refractivity contribution in [3.05, 3.63) is 59.2 Å². The highest BCUT2D eigenvalue weighted by atomic mass is 16.5. The fourth-order valence-corrected chi connectivity index (χ4v) is 2.18. The van der Waals surface area contributed by atoms with Gasteiger partial charge in [0, 0.05) is 16.9 Å². The molecule has 3 N–H and O–H groups in total. The molecule has 2 aromatic carbocycles.